The number of ether oxygens (including phenoxy) is 1. The van der Waals surface area contributed by atoms with Gasteiger partial charge in [0.25, 0.3) is 5.91 Å². The second kappa shape index (κ2) is 7.10. The average Bonchev–Trinajstić information content (AvgIpc) is 2.47. The number of hydrogen-bond acceptors (Lipinski definition) is 2. The summed E-state index contributed by atoms with van der Waals surface area (Å²) in [7, 11) is 0. The van der Waals surface area contributed by atoms with Gasteiger partial charge in [-0.2, -0.15) is 0 Å². The van der Waals surface area contributed by atoms with Gasteiger partial charge in [0.2, 0.25) is 0 Å². The van der Waals surface area contributed by atoms with Crippen LogP contribution in [0.1, 0.15) is 15.9 Å². The van der Waals surface area contributed by atoms with Gasteiger partial charge in [0.05, 0.1) is 6.54 Å². The third-order valence-electron chi connectivity index (χ3n) is 2.83. The lowest BCUT2D eigenvalue weighted by Crippen LogP contribution is -2.28. The number of nitrogens with one attached hydrogen (secondary N) is 1. The molecule has 0 saturated heterocycles. The first-order valence-corrected chi connectivity index (χ1v) is 7.18. The Labute approximate surface area is 127 Å². The highest BCUT2D eigenvalue weighted by Crippen LogP contribution is 2.17. The van der Waals surface area contributed by atoms with Crippen molar-refractivity contribution in [1.82, 2.24) is 5.32 Å². The summed E-state index contributed by atoms with van der Waals surface area (Å²) in [5, 5.41) is 2.83. The zero-order valence-corrected chi connectivity index (χ0v) is 12.8. The monoisotopic (exact) mass is 333 g/mol. The smallest absolute Gasteiger partial charge is 0.251 e. The van der Waals surface area contributed by atoms with Crippen LogP contribution < -0.4 is 10.1 Å². The lowest BCUT2D eigenvalue weighted by molar-refractivity contribution is 0.0947. The van der Waals surface area contributed by atoms with Crippen molar-refractivity contribution in [3.05, 3.63) is 64.1 Å². The van der Waals surface area contributed by atoms with Gasteiger partial charge in [-0.3, -0.25) is 4.79 Å². The SMILES string of the molecule is Cc1ccc(C(=O)NCCOc2ccccc2)cc1Br. The van der Waals surface area contributed by atoms with Gasteiger partial charge in [-0.1, -0.05) is 40.2 Å². The minimum atomic E-state index is -0.0950. The Balaban J connectivity index is 1.79. The quantitative estimate of drug-likeness (QED) is 0.849. The van der Waals surface area contributed by atoms with Gasteiger partial charge in [0.1, 0.15) is 12.4 Å². The van der Waals surface area contributed by atoms with E-state index >= 15 is 0 Å². The molecule has 0 heterocycles. The zero-order chi connectivity index (χ0) is 14.4. The number of rotatable bonds is 5. The van der Waals surface area contributed by atoms with Crippen LogP contribution >= 0.6 is 15.9 Å². The van der Waals surface area contributed by atoms with Crippen molar-refractivity contribution < 1.29 is 9.53 Å². The Morgan fingerprint density at radius 1 is 1.20 bits per heavy atom. The third kappa shape index (κ3) is 4.10. The Morgan fingerprint density at radius 3 is 2.65 bits per heavy atom. The summed E-state index contributed by atoms with van der Waals surface area (Å²) in [4.78, 5) is 11.9. The van der Waals surface area contributed by atoms with Gasteiger partial charge in [-0.25, -0.2) is 0 Å². The lowest BCUT2D eigenvalue weighted by atomic mass is 10.1. The van der Waals surface area contributed by atoms with E-state index in [1.54, 1.807) is 0 Å². The Kier molecular flexibility index (Phi) is 5.18. The fraction of sp³-hybridized carbons (Fsp3) is 0.188. The number of halogens is 1. The highest BCUT2D eigenvalue weighted by Gasteiger charge is 2.06. The summed E-state index contributed by atoms with van der Waals surface area (Å²) in [5.41, 5.74) is 1.75. The molecule has 0 atom stereocenters. The highest BCUT2D eigenvalue weighted by molar-refractivity contribution is 9.10. The average molecular weight is 334 g/mol. The first-order chi connectivity index (χ1) is 9.66. The van der Waals surface area contributed by atoms with Gasteiger partial charge < -0.3 is 10.1 Å². The van der Waals surface area contributed by atoms with E-state index in [0.717, 1.165) is 15.8 Å². The molecule has 0 spiro atoms. The van der Waals surface area contributed by atoms with Gasteiger partial charge in [-0.05, 0) is 36.8 Å². The topological polar surface area (TPSA) is 38.3 Å². The molecule has 2 aromatic carbocycles. The molecule has 2 aromatic rings. The maximum atomic E-state index is 11.9. The van der Waals surface area contributed by atoms with Crippen molar-refractivity contribution in [2.75, 3.05) is 13.2 Å². The standard InChI is InChI=1S/C16H16BrNO2/c1-12-7-8-13(11-15(12)17)16(19)18-9-10-20-14-5-3-2-4-6-14/h2-8,11H,9-10H2,1H3,(H,18,19). The summed E-state index contributed by atoms with van der Waals surface area (Å²) in [6.45, 7) is 2.90. The summed E-state index contributed by atoms with van der Waals surface area (Å²) >= 11 is 3.42. The molecule has 0 radical (unpaired) electrons. The number of para-hydroxylation sites is 1. The molecule has 4 heteroatoms. The van der Waals surface area contributed by atoms with Crippen LogP contribution in [0.4, 0.5) is 0 Å². The fourth-order valence-corrected chi connectivity index (χ4v) is 2.07. The molecule has 0 aliphatic carbocycles. The summed E-state index contributed by atoms with van der Waals surface area (Å²) in [6, 6.07) is 15.1. The van der Waals surface area contributed by atoms with E-state index in [2.05, 4.69) is 21.2 Å². The fourth-order valence-electron chi connectivity index (χ4n) is 1.69. The van der Waals surface area contributed by atoms with E-state index in [-0.39, 0.29) is 5.91 Å². The molecule has 0 bridgehead atoms. The van der Waals surface area contributed by atoms with Gasteiger partial charge in [0, 0.05) is 10.0 Å². The number of aryl methyl sites for hydroxylation is 1. The first-order valence-electron chi connectivity index (χ1n) is 6.39. The minimum Gasteiger partial charge on any atom is -0.492 e. The van der Waals surface area contributed by atoms with Crippen LogP contribution in [0, 0.1) is 6.92 Å². The summed E-state index contributed by atoms with van der Waals surface area (Å²) < 4.78 is 6.45. The maximum absolute atomic E-state index is 11.9. The van der Waals surface area contributed by atoms with Crippen LogP contribution in [-0.2, 0) is 0 Å². The Morgan fingerprint density at radius 2 is 1.95 bits per heavy atom. The van der Waals surface area contributed by atoms with Crippen LogP contribution in [-0.4, -0.2) is 19.1 Å². The van der Waals surface area contributed by atoms with Gasteiger partial charge >= 0.3 is 0 Å². The van der Waals surface area contributed by atoms with E-state index < -0.39 is 0 Å². The molecular formula is C16H16BrNO2. The Hall–Kier alpha value is -1.81. The molecule has 0 aliphatic heterocycles. The van der Waals surface area contributed by atoms with E-state index in [1.165, 1.54) is 0 Å². The zero-order valence-electron chi connectivity index (χ0n) is 11.2. The number of amides is 1. The number of carbonyl (C=O) groups is 1. The van der Waals surface area contributed by atoms with Crippen LogP contribution in [0.25, 0.3) is 0 Å². The van der Waals surface area contributed by atoms with E-state index in [0.29, 0.717) is 18.7 Å². The van der Waals surface area contributed by atoms with E-state index in [4.69, 9.17) is 4.74 Å². The lowest BCUT2D eigenvalue weighted by Gasteiger charge is -2.08. The Bertz CT molecular complexity index is 584. The molecule has 0 aliphatic rings. The van der Waals surface area contributed by atoms with E-state index in [9.17, 15) is 4.79 Å². The van der Waals surface area contributed by atoms with Crippen molar-refractivity contribution in [3.8, 4) is 5.75 Å². The van der Waals surface area contributed by atoms with Gasteiger partial charge in [0.15, 0.2) is 0 Å². The molecule has 20 heavy (non-hydrogen) atoms. The third-order valence-corrected chi connectivity index (χ3v) is 3.69. The molecule has 0 unspecified atom stereocenters. The largest absolute Gasteiger partial charge is 0.492 e. The highest BCUT2D eigenvalue weighted by atomic mass is 79.9. The van der Waals surface area contributed by atoms with Crippen molar-refractivity contribution in [1.29, 1.82) is 0 Å². The molecule has 0 aromatic heterocycles. The van der Waals surface area contributed by atoms with Crippen molar-refractivity contribution in [2.24, 2.45) is 0 Å². The van der Waals surface area contributed by atoms with Crippen molar-refractivity contribution in [2.45, 2.75) is 6.92 Å². The number of carbonyl (C=O) groups excluding carboxylic acids is 1. The molecule has 0 saturated carbocycles. The summed E-state index contributed by atoms with van der Waals surface area (Å²) in [5.74, 6) is 0.710. The summed E-state index contributed by atoms with van der Waals surface area (Å²) in [6.07, 6.45) is 0. The molecule has 1 N–H and O–H groups in total. The normalized spacial score (nSPS) is 10.1. The molecule has 1 amide bonds. The van der Waals surface area contributed by atoms with Crippen molar-refractivity contribution >= 4 is 21.8 Å². The first kappa shape index (κ1) is 14.6. The predicted octanol–water partition coefficient (Wildman–Crippen LogP) is 3.57. The van der Waals surface area contributed by atoms with E-state index in [1.807, 2.05) is 55.5 Å². The second-order valence-electron chi connectivity index (χ2n) is 4.38. The van der Waals surface area contributed by atoms with Crippen molar-refractivity contribution in [3.63, 3.8) is 0 Å². The van der Waals surface area contributed by atoms with Gasteiger partial charge in [-0.15, -0.1) is 0 Å². The maximum Gasteiger partial charge on any atom is 0.251 e. The molecular weight excluding hydrogens is 318 g/mol. The predicted molar refractivity (Wildman–Crippen MR) is 83.1 cm³/mol. The second-order valence-corrected chi connectivity index (χ2v) is 5.24. The molecule has 104 valence electrons. The number of benzene rings is 2. The molecule has 2 rings (SSSR count). The van der Waals surface area contributed by atoms with Crippen LogP contribution in [0.15, 0.2) is 53.0 Å². The van der Waals surface area contributed by atoms with Crippen LogP contribution in [0.3, 0.4) is 0 Å². The number of hydrogen-bond donors (Lipinski definition) is 1. The van der Waals surface area contributed by atoms with Crippen LogP contribution in [0.5, 0.6) is 5.75 Å². The molecule has 3 nitrogen and oxygen atoms in total. The van der Waals surface area contributed by atoms with Crippen LogP contribution in [0.2, 0.25) is 0 Å². The molecule has 0 fully saturated rings. The minimum absolute atomic E-state index is 0.0950.